The van der Waals surface area contributed by atoms with E-state index in [9.17, 15) is 34.1 Å². The molecule has 0 unspecified atom stereocenters. The summed E-state index contributed by atoms with van der Waals surface area (Å²) in [6.45, 7) is 6.38. The quantitative estimate of drug-likeness (QED) is 0.131. The van der Waals surface area contributed by atoms with Crippen molar-refractivity contribution in [2.24, 2.45) is 5.92 Å². The lowest BCUT2D eigenvalue weighted by atomic mass is 10.00. The normalized spacial score (nSPS) is 16.9. The third-order valence-electron chi connectivity index (χ3n) is 6.99. The molecule has 3 rings (SSSR count). The molecule has 1 aliphatic heterocycles. The number of carbonyl (C=O) groups excluding carboxylic acids is 4. The number of hydrogen-bond acceptors (Lipinski definition) is 9. The first-order valence-electron chi connectivity index (χ1n) is 14.0. The van der Waals surface area contributed by atoms with E-state index in [-0.39, 0.29) is 30.9 Å². The van der Waals surface area contributed by atoms with E-state index in [1.807, 2.05) is 0 Å². The van der Waals surface area contributed by atoms with Gasteiger partial charge in [-0.2, -0.15) is 0 Å². The lowest BCUT2D eigenvalue weighted by molar-refractivity contribution is -0.384. The lowest BCUT2D eigenvalue weighted by Crippen LogP contribution is -2.61. The predicted octanol–water partition coefficient (Wildman–Crippen LogP) is 2.20. The van der Waals surface area contributed by atoms with Gasteiger partial charge in [0, 0.05) is 25.0 Å². The largest absolute Gasteiger partial charge is 0.481 e. The Kier molecular flexibility index (Phi) is 11.1. The summed E-state index contributed by atoms with van der Waals surface area (Å²) in [7, 11) is 0. The van der Waals surface area contributed by atoms with Gasteiger partial charge in [0.15, 0.2) is 0 Å². The van der Waals surface area contributed by atoms with Gasteiger partial charge in [-0.3, -0.25) is 34.2 Å². The van der Waals surface area contributed by atoms with Gasteiger partial charge in [-0.1, -0.05) is 44.2 Å². The van der Waals surface area contributed by atoms with Crippen LogP contribution in [-0.2, 0) is 35.1 Å². The van der Waals surface area contributed by atoms with E-state index in [4.69, 9.17) is 14.6 Å². The fourth-order valence-corrected chi connectivity index (χ4v) is 4.68. The van der Waals surface area contributed by atoms with Crippen molar-refractivity contribution < 1.29 is 43.5 Å². The summed E-state index contributed by atoms with van der Waals surface area (Å²) in [5.74, 6) is -4.32. The minimum Gasteiger partial charge on any atom is -0.481 e. The molecule has 1 saturated heterocycles. The van der Waals surface area contributed by atoms with Crippen LogP contribution < -0.4 is 15.4 Å². The molecule has 0 saturated carbocycles. The van der Waals surface area contributed by atoms with Crippen molar-refractivity contribution in [3.8, 4) is 5.75 Å². The molecule has 0 aliphatic carbocycles. The second-order valence-electron chi connectivity index (χ2n) is 11.1. The highest BCUT2D eigenvalue weighted by molar-refractivity contribution is 5.95. The molecule has 14 heteroatoms. The zero-order valence-electron chi connectivity index (χ0n) is 24.8. The average molecular weight is 613 g/mol. The van der Waals surface area contributed by atoms with Gasteiger partial charge in [-0.25, -0.2) is 4.79 Å². The number of hydrogen-bond donors (Lipinski definition) is 3. The van der Waals surface area contributed by atoms with Crippen LogP contribution in [0.5, 0.6) is 5.75 Å². The number of amides is 3. The van der Waals surface area contributed by atoms with Crippen LogP contribution in [0.4, 0.5) is 5.69 Å². The number of nitrogens with one attached hydrogen (secondary N) is 2. The summed E-state index contributed by atoms with van der Waals surface area (Å²) in [5.41, 5.74) is -0.740. The Morgan fingerprint density at radius 2 is 1.68 bits per heavy atom. The van der Waals surface area contributed by atoms with Gasteiger partial charge in [-0.15, -0.1) is 0 Å². The van der Waals surface area contributed by atoms with Gasteiger partial charge in [-0.05, 0) is 37.5 Å². The molecule has 1 heterocycles. The third-order valence-corrected chi connectivity index (χ3v) is 6.99. The molecule has 1 aliphatic rings. The minimum absolute atomic E-state index is 0.0356. The monoisotopic (exact) mass is 612 g/mol. The summed E-state index contributed by atoms with van der Waals surface area (Å²) in [4.78, 5) is 75.7. The molecule has 3 N–H and O–H groups in total. The number of esters is 1. The maximum atomic E-state index is 13.8. The number of carboxylic acid groups (broad SMARTS) is 1. The zero-order chi connectivity index (χ0) is 32.6. The predicted molar refractivity (Wildman–Crippen MR) is 155 cm³/mol. The highest BCUT2D eigenvalue weighted by Crippen LogP contribution is 2.29. The van der Waals surface area contributed by atoms with Crippen LogP contribution in [0.3, 0.4) is 0 Å². The van der Waals surface area contributed by atoms with Crippen LogP contribution in [0, 0.1) is 16.0 Å². The van der Waals surface area contributed by atoms with Crippen molar-refractivity contribution in [3.05, 3.63) is 70.3 Å². The summed E-state index contributed by atoms with van der Waals surface area (Å²) < 4.78 is 11.2. The van der Waals surface area contributed by atoms with Crippen LogP contribution in [0.25, 0.3) is 0 Å². The fraction of sp³-hybridized carbons (Fsp3) is 0.433. The zero-order valence-corrected chi connectivity index (χ0v) is 24.8. The smallest absolute Gasteiger partial charge is 0.334 e. The second-order valence-corrected chi connectivity index (χ2v) is 11.1. The Bertz CT molecular complexity index is 1380. The molecule has 1 fully saturated rings. The van der Waals surface area contributed by atoms with Crippen molar-refractivity contribution in [2.75, 3.05) is 6.61 Å². The van der Waals surface area contributed by atoms with Gasteiger partial charge in [0.1, 0.15) is 29.6 Å². The Hall–Kier alpha value is -4.85. The number of non-ortho nitro benzene ring substituents is 1. The molecule has 2 aromatic rings. The summed E-state index contributed by atoms with van der Waals surface area (Å²) in [6.07, 6.45) is -0.696. The fourth-order valence-electron chi connectivity index (χ4n) is 4.68. The molecule has 2 aromatic carbocycles. The number of aliphatic carboxylic acids is 1. The van der Waals surface area contributed by atoms with Crippen molar-refractivity contribution in [1.82, 2.24) is 15.5 Å². The standard InChI is InChI=1S/C30H36N4O10/c1-18(2)26(32-24(35)14-15-25(36)37)28(39)33-23(17-43-30(33,3)4)27(38)31-22(16-19-8-6-5-7-9-19)29(40)44-21-12-10-20(11-13-21)34(41)42/h5-13,18,22-23,26H,14-17H2,1-4H3,(H,31,38)(H,32,35)(H,36,37)/t22-,23-,26-/m0/s1. The van der Waals surface area contributed by atoms with E-state index in [0.717, 1.165) is 0 Å². The minimum atomic E-state index is -1.26. The Morgan fingerprint density at radius 3 is 2.25 bits per heavy atom. The van der Waals surface area contributed by atoms with Crippen LogP contribution in [-0.4, -0.2) is 75.0 Å². The Balaban J connectivity index is 1.83. The van der Waals surface area contributed by atoms with E-state index in [0.29, 0.717) is 5.56 Å². The van der Waals surface area contributed by atoms with E-state index in [1.54, 1.807) is 58.0 Å². The number of nitro groups is 1. The Morgan fingerprint density at radius 1 is 1.05 bits per heavy atom. The van der Waals surface area contributed by atoms with Crippen molar-refractivity contribution >= 4 is 35.3 Å². The molecule has 0 aromatic heterocycles. The molecule has 0 bridgehead atoms. The number of nitro benzene ring substituents is 1. The molecule has 0 spiro atoms. The molecule has 3 amide bonds. The highest BCUT2D eigenvalue weighted by Gasteiger charge is 2.49. The van der Waals surface area contributed by atoms with E-state index in [2.05, 4.69) is 10.6 Å². The van der Waals surface area contributed by atoms with E-state index < -0.39 is 70.8 Å². The van der Waals surface area contributed by atoms with Gasteiger partial charge in [0.25, 0.3) is 5.69 Å². The molecule has 3 atom stereocenters. The molecule has 0 radical (unpaired) electrons. The first kappa shape index (κ1) is 33.6. The SMILES string of the molecule is CC(C)[C@H](NC(=O)CCC(=O)O)C(=O)N1[C@H](C(=O)N[C@@H](Cc2ccccc2)C(=O)Oc2ccc([N+](=O)[O-])cc2)COC1(C)C. The number of carbonyl (C=O) groups is 5. The van der Waals surface area contributed by atoms with Crippen LogP contribution in [0.2, 0.25) is 0 Å². The van der Waals surface area contributed by atoms with Crippen LogP contribution in [0.15, 0.2) is 54.6 Å². The topological polar surface area (TPSA) is 194 Å². The molecular formula is C30H36N4O10. The van der Waals surface area contributed by atoms with Crippen molar-refractivity contribution in [1.29, 1.82) is 0 Å². The molecule has 236 valence electrons. The van der Waals surface area contributed by atoms with E-state index in [1.165, 1.54) is 29.2 Å². The van der Waals surface area contributed by atoms with Gasteiger partial charge in [0.2, 0.25) is 17.7 Å². The number of benzene rings is 2. The molecule has 14 nitrogen and oxygen atoms in total. The van der Waals surface area contributed by atoms with Gasteiger partial charge >= 0.3 is 11.9 Å². The average Bonchev–Trinajstić information content (AvgIpc) is 3.29. The lowest BCUT2D eigenvalue weighted by Gasteiger charge is -2.37. The highest BCUT2D eigenvalue weighted by atomic mass is 16.6. The van der Waals surface area contributed by atoms with Crippen molar-refractivity contribution in [2.45, 2.75) is 70.8 Å². The second kappa shape index (κ2) is 14.6. The molecule has 44 heavy (non-hydrogen) atoms. The van der Waals surface area contributed by atoms with Gasteiger partial charge < -0.3 is 25.2 Å². The maximum absolute atomic E-state index is 13.8. The maximum Gasteiger partial charge on any atom is 0.334 e. The Labute approximate surface area is 253 Å². The summed E-state index contributed by atoms with van der Waals surface area (Å²) in [6, 6.07) is 10.3. The third kappa shape index (κ3) is 8.83. The number of ether oxygens (including phenoxy) is 2. The summed E-state index contributed by atoms with van der Waals surface area (Å²) in [5, 5.41) is 25.1. The van der Waals surface area contributed by atoms with Crippen molar-refractivity contribution in [3.63, 3.8) is 0 Å². The molecular weight excluding hydrogens is 576 g/mol. The summed E-state index contributed by atoms with van der Waals surface area (Å²) >= 11 is 0. The van der Waals surface area contributed by atoms with Gasteiger partial charge in [0.05, 0.1) is 18.0 Å². The van der Waals surface area contributed by atoms with Crippen LogP contribution >= 0.6 is 0 Å². The first-order valence-corrected chi connectivity index (χ1v) is 14.0. The first-order chi connectivity index (χ1) is 20.7. The number of carboxylic acids is 1. The van der Waals surface area contributed by atoms with E-state index >= 15 is 0 Å². The number of rotatable bonds is 13. The van der Waals surface area contributed by atoms with Crippen LogP contribution in [0.1, 0.15) is 46.1 Å². The number of nitrogens with zero attached hydrogens (tertiary/aromatic N) is 2.